The van der Waals surface area contributed by atoms with Gasteiger partial charge in [-0.1, -0.05) is 11.8 Å². The van der Waals surface area contributed by atoms with Crippen molar-refractivity contribution in [2.24, 2.45) is 0 Å². The minimum Gasteiger partial charge on any atom is -0.372 e. The van der Waals surface area contributed by atoms with Gasteiger partial charge in [-0.2, -0.15) is 0 Å². The van der Waals surface area contributed by atoms with E-state index < -0.39 is 0 Å². The number of nitrogens with one attached hydrogen (secondary N) is 1. The van der Waals surface area contributed by atoms with E-state index in [-0.39, 0.29) is 0 Å². The van der Waals surface area contributed by atoms with Gasteiger partial charge in [0.05, 0.1) is 11.1 Å². The van der Waals surface area contributed by atoms with Crippen LogP contribution in [0.2, 0.25) is 0 Å². The lowest BCUT2D eigenvalue weighted by molar-refractivity contribution is 0.961. The van der Waals surface area contributed by atoms with Crippen molar-refractivity contribution in [2.45, 2.75) is 24.8 Å². The Hall–Kier alpha value is -1.73. The van der Waals surface area contributed by atoms with Crippen LogP contribution in [0.25, 0.3) is 10.2 Å². The summed E-state index contributed by atoms with van der Waals surface area (Å²) in [7, 11) is 1.89. The molecule has 0 aliphatic heterocycles. The summed E-state index contributed by atoms with van der Waals surface area (Å²) in [4.78, 5) is 20.0. The number of rotatable bonds is 4. The van der Waals surface area contributed by atoms with Crippen LogP contribution in [-0.4, -0.2) is 27.0 Å². The number of nitrogens with zero attached hydrogens (tertiary/aromatic N) is 4. The van der Waals surface area contributed by atoms with Crippen LogP contribution in [0.5, 0.6) is 0 Å². The fraction of sp³-hybridized carbons (Fsp3) is 0.286. The van der Waals surface area contributed by atoms with E-state index in [1.807, 2.05) is 13.1 Å². The second-order valence-electron chi connectivity index (χ2n) is 4.52. The van der Waals surface area contributed by atoms with Crippen molar-refractivity contribution in [3.05, 3.63) is 34.7 Å². The topological polar surface area (TPSA) is 63.6 Å². The molecule has 21 heavy (non-hydrogen) atoms. The largest absolute Gasteiger partial charge is 0.372 e. The maximum absolute atomic E-state index is 4.67. The minimum absolute atomic E-state index is 0.657. The molecule has 0 saturated heterocycles. The van der Waals surface area contributed by atoms with Gasteiger partial charge in [0.15, 0.2) is 5.16 Å². The van der Waals surface area contributed by atoms with E-state index in [0.29, 0.717) is 5.75 Å². The highest BCUT2D eigenvalue weighted by Gasteiger charge is 2.14. The standard InChI is InChI=1S/C14H15N5S2/c1-8-9(2)21-13-11(8)12(15-3)18-10(19-13)7-20-14-16-5-4-6-17-14/h4-6H,7H2,1-3H3,(H,15,18,19). The molecule has 0 radical (unpaired) electrons. The minimum atomic E-state index is 0.657. The van der Waals surface area contributed by atoms with Crippen LogP contribution in [0.15, 0.2) is 23.6 Å². The summed E-state index contributed by atoms with van der Waals surface area (Å²) in [5, 5.41) is 5.05. The Balaban J connectivity index is 1.93. The molecule has 3 rings (SSSR count). The summed E-state index contributed by atoms with van der Waals surface area (Å²) < 4.78 is 0. The van der Waals surface area contributed by atoms with Crippen LogP contribution < -0.4 is 5.32 Å². The summed E-state index contributed by atoms with van der Waals surface area (Å²) in [6, 6.07) is 1.81. The number of fused-ring (bicyclic) bond motifs is 1. The normalized spacial score (nSPS) is 11.0. The molecule has 3 aromatic rings. The Bertz CT molecular complexity index is 770. The molecule has 0 saturated carbocycles. The van der Waals surface area contributed by atoms with Gasteiger partial charge < -0.3 is 5.32 Å². The summed E-state index contributed by atoms with van der Waals surface area (Å²) >= 11 is 3.25. The zero-order chi connectivity index (χ0) is 14.8. The highest BCUT2D eigenvalue weighted by Crippen LogP contribution is 2.33. The number of aryl methyl sites for hydroxylation is 2. The fourth-order valence-electron chi connectivity index (χ4n) is 2.03. The fourth-order valence-corrected chi connectivity index (χ4v) is 3.73. The molecule has 0 unspecified atom stereocenters. The second kappa shape index (κ2) is 5.95. The SMILES string of the molecule is CNc1nc(CSc2ncccn2)nc2sc(C)c(C)c12. The van der Waals surface area contributed by atoms with Crippen molar-refractivity contribution < 1.29 is 0 Å². The molecule has 3 heterocycles. The van der Waals surface area contributed by atoms with Gasteiger partial charge in [0.1, 0.15) is 16.5 Å². The monoisotopic (exact) mass is 317 g/mol. The van der Waals surface area contributed by atoms with E-state index in [1.165, 1.54) is 10.4 Å². The lowest BCUT2D eigenvalue weighted by Gasteiger charge is -2.06. The zero-order valence-corrected chi connectivity index (χ0v) is 13.7. The summed E-state index contributed by atoms with van der Waals surface area (Å²) in [5.74, 6) is 2.35. The first-order valence-electron chi connectivity index (χ1n) is 6.53. The van der Waals surface area contributed by atoms with Gasteiger partial charge >= 0.3 is 0 Å². The molecule has 0 atom stereocenters. The first kappa shape index (κ1) is 14.2. The van der Waals surface area contributed by atoms with Crippen LogP contribution in [0.1, 0.15) is 16.3 Å². The van der Waals surface area contributed by atoms with Gasteiger partial charge in [0, 0.05) is 24.3 Å². The van der Waals surface area contributed by atoms with Crippen molar-refractivity contribution >= 4 is 39.1 Å². The van der Waals surface area contributed by atoms with E-state index in [9.17, 15) is 0 Å². The first-order valence-corrected chi connectivity index (χ1v) is 8.33. The highest BCUT2D eigenvalue weighted by molar-refractivity contribution is 7.98. The average molecular weight is 317 g/mol. The molecule has 0 spiro atoms. The summed E-state index contributed by atoms with van der Waals surface area (Å²) in [5.41, 5.74) is 1.25. The molecular weight excluding hydrogens is 302 g/mol. The van der Waals surface area contributed by atoms with Crippen LogP contribution in [0.3, 0.4) is 0 Å². The molecule has 5 nitrogen and oxygen atoms in total. The van der Waals surface area contributed by atoms with Gasteiger partial charge in [0.25, 0.3) is 0 Å². The molecule has 0 aliphatic carbocycles. The number of hydrogen-bond acceptors (Lipinski definition) is 7. The van der Waals surface area contributed by atoms with Gasteiger partial charge in [-0.3, -0.25) is 0 Å². The van der Waals surface area contributed by atoms with Gasteiger partial charge in [-0.25, -0.2) is 19.9 Å². The van der Waals surface area contributed by atoms with Crippen molar-refractivity contribution in [2.75, 3.05) is 12.4 Å². The maximum Gasteiger partial charge on any atom is 0.187 e. The zero-order valence-electron chi connectivity index (χ0n) is 12.0. The Kier molecular flexibility index (Phi) is 4.03. The lowest BCUT2D eigenvalue weighted by Crippen LogP contribution is -2.00. The summed E-state index contributed by atoms with van der Waals surface area (Å²) in [6.07, 6.45) is 3.48. The smallest absolute Gasteiger partial charge is 0.187 e. The number of anilines is 1. The Morgan fingerprint density at radius 3 is 2.67 bits per heavy atom. The van der Waals surface area contributed by atoms with Crippen molar-refractivity contribution in [3.63, 3.8) is 0 Å². The molecule has 0 fully saturated rings. The predicted octanol–water partition coefficient (Wildman–Crippen LogP) is 3.43. The van der Waals surface area contributed by atoms with Crippen LogP contribution in [-0.2, 0) is 5.75 Å². The Labute approximate surface area is 131 Å². The Morgan fingerprint density at radius 1 is 1.19 bits per heavy atom. The molecule has 0 amide bonds. The van der Waals surface area contributed by atoms with Gasteiger partial charge in [-0.15, -0.1) is 11.3 Å². The Morgan fingerprint density at radius 2 is 1.95 bits per heavy atom. The van der Waals surface area contributed by atoms with Crippen molar-refractivity contribution in [1.29, 1.82) is 0 Å². The predicted molar refractivity (Wildman–Crippen MR) is 88.0 cm³/mol. The molecule has 0 aromatic carbocycles. The summed E-state index contributed by atoms with van der Waals surface area (Å²) in [6.45, 7) is 4.23. The average Bonchev–Trinajstić information content (AvgIpc) is 2.80. The molecular formula is C14H15N5S2. The molecule has 7 heteroatoms. The second-order valence-corrected chi connectivity index (χ2v) is 6.67. The molecule has 3 aromatic heterocycles. The molecule has 0 aliphatic rings. The number of hydrogen-bond donors (Lipinski definition) is 1. The molecule has 1 N–H and O–H groups in total. The van der Waals surface area contributed by atoms with Crippen molar-refractivity contribution in [3.8, 4) is 0 Å². The number of thiophene rings is 1. The maximum atomic E-state index is 4.67. The van der Waals surface area contributed by atoms with E-state index in [4.69, 9.17) is 0 Å². The number of aromatic nitrogens is 4. The van der Waals surface area contributed by atoms with Crippen LogP contribution in [0.4, 0.5) is 5.82 Å². The quantitative estimate of drug-likeness (QED) is 0.587. The first-order chi connectivity index (χ1) is 10.2. The lowest BCUT2D eigenvalue weighted by atomic mass is 10.2. The molecule has 0 bridgehead atoms. The van der Waals surface area contributed by atoms with Gasteiger partial charge in [0.2, 0.25) is 0 Å². The van der Waals surface area contributed by atoms with Crippen LogP contribution >= 0.6 is 23.1 Å². The molecule has 108 valence electrons. The van der Waals surface area contributed by atoms with E-state index in [0.717, 1.165) is 27.0 Å². The highest BCUT2D eigenvalue weighted by atomic mass is 32.2. The van der Waals surface area contributed by atoms with E-state index in [1.54, 1.807) is 35.5 Å². The van der Waals surface area contributed by atoms with E-state index in [2.05, 4.69) is 39.1 Å². The third kappa shape index (κ3) is 2.84. The third-order valence-electron chi connectivity index (χ3n) is 3.18. The number of thioether (sulfide) groups is 1. The van der Waals surface area contributed by atoms with Crippen LogP contribution in [0, 0.1) is 13.8 Å². The van der Waals surface area contributed by atoms with Crippen molar-refractivity contribution in [1.82, 2.24) is 19.9 Å². The van der Waals surface area contributed by atoms with Gasteiger partial charge in [-0.05, 0) is 25.5 Å². The third-order valence-corrected chi connectivity index (χ3v) is 5.16. The van der Waals surface area contributed by atoms with E-state index >= 15 is 0 Å².